The first-order valence-electron chi connectivity index (χ1n) is 11.8. The third kappa shape index (κ3) is 5.45. The van der Waals surface area contributed by atoms with Gasteiger partial charge in [0.25, 0.3) is 17.7 Å². The number of imide groups is 1. The predicted octanol–water partition coefficient (Wildman–Crippen LogP) is 2.75. The van der Waals surface area contributed by atoms with E-state index >= 15 is 4.39 Å². The molecule has 10 nitrogen and oxygen atoms in total. The number of piperidine rings is 1. The lowest BCUT2D eigenvalue weighted by Gasteiger charge is -2.34. The molecule has 1 unspecified atom stereocenters. The molecule has 0 spiro atoms. The fourth-order valence-corrected chi connectivity index (χ4v) is 4.27. The number of carbonyl (C=O) groups is 5. The van der Waals surface area contributed by atoms with E-state index in [1.165, 1.54) is 17.0 Å². The van der Waals surface area contributed by atoms with E-state index in [1.54, 1.807) is 44.2 Å². The summed E-state index contributed by atoms with van der Waals surface area (Å²) in [6.45, 7) is 2.33. The molecule has 0 saturated carbocycles. The molecule has 37 heavy (non-hydrogen) atoms. The number of benzene rings is 2. The number of halogens is 1. The molecule has 1 atom stereocenters. The highest BCUT2D eigenvalue weighted by Crippen LogP contribution is 2.32. The van der Waals surface area contributed by atoms with Gasteiger partial charge >= 0.3 is 6.16 Å². The van der Waals surface area contributed by atoms with Gasteiger partial charge in [-0.1, -0.05) is 24.3 Å². The van der Waals surface area contributed by atoms with Crippen LogP contribution < -0.4 is 5.32 Å². The minimum Gasteiger partial charge on any atom is -0.432 e. The number of amides is 4. The van der Waals surface area contributed by atoms with Crippen molar-refractivity contribution >= 4 is 29.8 Å². The maximum absolute atomic E-state index is 15.3. The standard InChI is InChI=1S/C26H26FN3O7/c1-15(2)37-26(35)36-14-30-21(31)11-10-20(25(30)34)29-13-19-18(24(29)33)9-8-17(22(19)27)12-28-23(32)16-6-4-3-5-7-16/h3-9,15,20H,10-14H2,1-2H3,(H,28,32). The van der Waals surface area contributed by atoms with Gasteiger partial charge < -0.3 is 19.7 Å². The number of hydrogen-bond acceptors (Lipinski definition) is 7. The second-order valence-electron chi connectivity index (χ2n) is 8.95. The van der Waals surface area contributed by atoms with Crippen molar-refractivity contribution < 1.29 is 37.8 Å². The van der Waals surface area contributed by atoms with Crippen molar-refractivity contribution in [3.63, 3.8) is 0 Å². The Kier molecular flexibility index (Phi) is 7.51. The molecule has 1 N–H and O–H groups in total. The van der Waals surface area contributed by atoms with E-state index in [2.05, 4.69) is 5.32 Å². The number of hydrogen-bond donors (Lipinski definition) is 1. The zero-order chi connectivity index (χ0) is 26.7. The monoisotopic (exact) mass is 511 g/mol. The fourth-order valence-electron chi connectivity index (χ4n) is 4.27. The van der Waals surface area contributed by atoms with Crippen molar-refractivity contribution in [2.24, 2.45) is 0 Å². The fraction of sp³-hybridized carbons (Fsp3) is 0.346. The Labute approximate surface area is 212 Å². The van der Waals surface area contributed by atoms with Crippen LogP contribution in [-0.2, 0) is 32.2 Å². The van der Waals surface area contributed by atoms with Crippen LogP contribution in [0.4, 0.5) is 9.18 Å². The van der Waals surface area contributed by atoms with Gasteiger partial charge in [-0.05, 0) is 38.5 Å². The lowest BCUT2D eigenvalue weighted by Crippen LogP contribution is -2.55. The number of ether oxygens (including phenoxy) is 2. The van der Waals surface area contributed by atoms with Crippen LogP contribution in [0.1, 0.15) is 58.5 Å². The van der Waals surface area contributed by atoms with Crippen LogP contribution >= 0.6 is 0 Å². The Balaban J connectivity index is 1.44. The van der Waals surface area contributed by atoms with E-state index in [4.69, 9.17) is 9.47 Å². The van der Waals surface area contributed by atoms with Gasteiger partial charge in [-0.15, -0.1) is 0 Å². The Morgan fingerprint density at radius 1 is 1.11 bits per heavy atom. The first-order valence-corrected chi connectivity index (χ1v) is 11.8. The molecule has 2 aromatic carbocycles. The summed E-state index contributed by atoms with van der Waals surface area (Å²) in [7, 11) is 0. The minimum absolute atomic E-state index is 0.0572. The summed E-state index contributed by atoms with van der Waals surface area (Å²) in [6.07, 6.45) is -1.47. The zero-order valence-electron chi connectivity index (χ0n) is 20.4. The van der Waals surface area contributed by atoms with Gasteiger partial charge in [0.15, 0.2) is 6.73 Å². The van der Waals surface area contributed by atoms with Gasteiger partial charge in [-0.3, -0.25) is 19.2 Å². The highest BCUT2D eigenvalue weighted by Gasteiger charge is 2.44. The van der Waals surface area contributed by atoms with Crippen molar-refractivity contribution in [3.8, 4) is 0 Å². The Hall–Kier alpha value is -4.28. The van der Waals surface area contributed by atoms with E-state index in [1.807, 2.05) is 0 Å². The molecular weight excluding hydrogens is 485 g/mol. The average molecular weight is 512 g/mol. The maximum atomic E-state index is 15.3. The predicted molar refractivity (Wildman–Crippen MR) is 126 cm³/mol. The molecule has 2 aliphatic heterocycles. The second-order valence-corrected chi connectivity index (χ2v) is 8.95. The molecule has 2 aliphatic rings. The minimum atomic E-state index is -1.03. The highest BCUT2D eigenvalue weighted by atomic mass is 19.1. The molecule has 194 valence electrons. The van der Waals surface area contributed by atoms with Crippen LogP contribution in [0.25, 0.3) is 0 Å². The summed E-state index contributed by atoms with van der Waals surface area (Å²) in [5, 5.41) is 2.66. The van der Waals surface area contributed by atoms with E-state index in [0.29, 0.717) is 5.56 Å². The number of likely N-dealkylation sites (tertiary alicyclic amines) is 1. The molecule has 0 aliphatic carbocycles. The third-order valence-corrected chi connectivity index (χ3v) is 6.12. The van der Waals surface area contributed by atoms with E-state index in [-0.39, 0.29) is 48.5 Å². The number of nitrogens with one attached hydrogen (secondary N) is 1. The van der Waals surface area contributed by atoms with Gasteiger partial charge in [0.2, 0.25) is 5.91 Å². The molecule has 0 bridgehead atoms. The van der Waals surface area contributed by atoms with Crippen molar-refractivity contribution in [2.75, 3.05) is 6.73 Å². The van der Waals surface area contributed by atoms with E-state index in [9.17, 15) is 24.0 Å². The van der Waals surface area contributed by atoms with Crippen LogP contribution in [0.15, 0.2) is 42.5 Å². The van der Waals surface area contributed by atoms with Gasteiger partial charge in [-0.2, -0.15) is 0 Å². The SMILES string of the molecule is CC(C)OC(=O)OCN1C(=O)CCC(N2Cc3c(ccc(CNC(=O)c4ccccc4)c3F)C2=O)C1=O. The van der Waals surface area contributed by atoms with Gasteiger partial charge in [-0.25, -0.2) is 14.1 Å². The molecule has 0 aromatic heterocycles. The Morgan fingerprint density at radius 3 is 2.54 bits per heavy atom. The zero-order valence-corrected chi connectivity index (χ0v) is 20.4. The molecule has 1 saturated heterocycles. The molecular formula is C26H26FN3O7. The topological polar surface area (TPSA) is 122 Å². The molecule has 1 fully saturated rings. The highest BCUT2D eigenvalue weighted by molar-refractivity contribution is 6.05. The van der Waals surface area contributed by atoms with Gasteiger partial charge in [0.05, 0.1) is 12.6 Å². The summed E-state index contributed by atoms with van der Waals surface area (Å²) >= 11 is 0. The van der Waals surface area contributed by atoms with Crippen LogP contribution in [-0.4, -0.2) is 58.5 Å². The summed E-state index contributed by atoms with van der Waals surface area (Å²) < 4.78 is 25.0. The normalized spacial score (nSPS) is 17.2. The summed E-state index contributed by atoms with van der Waals surface area (Å²) in [5.74, 6) is -2.81. The van der Waals surface area contributed by atoms with Crippen LogP contribution in [0.3, 0.4) is 0 Å². The Morgan fingerprint density at radius 2 is 1.84 bits per heavy atom. The van der Waals surface area contributed by atoms with Crippen molar-refractivity contribution in [1.29, 1.82) is 0 Å². The maximum Gasteiger partial charge on any atom is 0.510 e. The smallest absolute Gasteiger partial charge is 0.432 e. The summed E-state index contributed by atoms with van der Waals surface area (Å²) in [4.78, 5) is 64.4. The third-order valence-electron chi connectivity index (χ3n) is 6.12. The van der Waals surface area contributed by atoms with Crippen molar-refractivity contribution in [2.45, 2.75) is 51.9 Å². The molecule has 2 heterocycles. The van der Waals surface area contributed by atoms with Crippen molar-refractivity contribution in [3.05, 3.63) is 70.5 Å². The number of nitrogens with zero attached hydrogens (tertiary/aromatic N) is 2. The van der Waals surface area contributed by atoms with Crippen LogP contribution in [0.2, 0.25) is 0 Å². The number of rotatable bonds is 7. The molecule has 11 heteroatoms. The first kappa shape index (κ1) is 25.8. The quantitative estimate of drug-likeness (QED) is 0.448. The van der Waals surface area contributed by atoms with E-state index < -0.39 is 48.6 Å². The van der Waals surface area contributed by atoms with Gasteiger partial charge in [0, 0.05) is 35.2 Å². The average Bonchev–Trinajstić information content (AvgIpc) is 3.20. The second kappa shape index (κ2) is 10.8. The molecule has 0 radical (unpaired) electrons. The Bertz CT molecular complexity index is 1250. The van der Waals surface area contributed by atoms with Crippen LogP contribution in [0, 0.1) is 5.82 Å². The lowest BCUT2D eigenvalue weighted by atomic mass is 10.0. The molecule has 4 rings (SSSR count). The summed E-state index contributed by atoms with van der Waals surface area (Å²) in [5.41, 5.74) is 0.858. The van der Waals surface area contributed by atoms with Crippen molar-refractivity contribution in [1.82, 2.24) is 15.1 Å². The molecule has 2 aromatic rings. The lowest BCUT2D eigenvalue weighted by molar-refractivity contribution is -0.157. The molecule has 4 amide bonds. The number of carbonyl (C=O) groups excluding carboxylic acids is 5. The van der Waals surface area contributed by atoms with Gasteiger partial charge in [0.1, 0.15) is 11.9 Å². The van der Waals surface area contributed by atoms with Crippen LogP contribution in [0.5, 0.6) is 0 Å². The largest absolute Gasteiger partial charge is 0.510 e. The summed E-state index contributed by atoms with van der Waals surface area (Å²) in [6, 6.07) is 10.4. The van der Waals surface area contributed by atoms with E-state index in [0.717, 1.165) is 4.90 Å². The number of fused-ring (bicyclic) bond motifs is 1. The first-order chi connectivity index (χ1) is 17.7.